The first-order valence-electron chi connectivity index (χ1n) is 2.70. The molecule has 0 aliphatic rings. The predicted molar refractivity (Wildman–Crippen MR) is 35.1 cm³/mol. The summed E-state index contributed by atoms with van der Waals surface area (Å²) >= 11 is -2.51. The fourth-order valence-corrected chi connectivity index (χ4v) is 1.41. The summed E-state index contributed by atoms with van der Waals surface area (Å²) in [7, 11) is -6.35. The summed E-state index contributed by atoms with van der Waals surface area (Å²) in [4.78, 5) is 0. The van der Waals surface area contributed by atoms with Crippen LogP contribution < -0.4 is 0 Å². The van der Waals surface area contributed by atoms with Crippen molar-refractivity contribution in [2.24, 2.45) is 0 Å². The summed E-state index contributed by atoms with van der Waals surface area (Å²) in [5.74, 6) is 0. The molecule has 0 unspecified atom stereocenters. The number of hydrogen-bond acceptors (Lipinski definition) is 3. The lowest BCUT2D eigenvalue weighted by Gasteiger charge is -2.21. The van der Waals surface area contributed by atoms with Gasteiger partial charge in [0, 0.05) is 11.8 Å². The quantitative estimate of drug-likeness (QED) is 0.637. The van der Waals surface area contributed by atoms with Crippen LogP contribution in [0.15, 0.2) is 0 Å². The van der Waals surface area contributed by atoms with Gasteiger partial charge in [0.2, 0.25) is 0 Å². The Balaban J connectivity index is 5.07. The molecule has 0 spiro atoms. The molecule has 0 fully saturated rings. The van der Waals surface area contributed by atoms with E-state index >= 15 is 0 Å². The van der Waals surface area contributed by atoms with Crippen LogP contribution in [0.5, 0.6) is 0 Å². The Bertz CT molecular complexity index is 330. The Morgan fingerprint density at radius 2 is 1.27 bits per heavy atom. The van der Waals surface area contributed by atoms with E-state index < -0.39 is 37.9 Å². The zero-order valence-corrected chi connectivity index (χ0v) is 7.86. The van der Waals surface area contributed by atoms with Gasteiger partial charge in [-0.3, -0.25) is 4.55 Å². The van der Waals surface area contributed by atoms with Crippen molar-refractivity contribution in [2.45, 2.75) is 16.0 Å². The molecule has 0 rings (SSSR count). The van der Waals surface area contributed by atoms with Gasteiger partial charge in [0.1, 0.15) is 0 Å². The second-order valence-electron chi connectivity index (χ2n) is 2.06. The van der Waals surface area contributed by atoms with Crippen LogP contribution >= 0.6 is 11.8 Å². The molecule has 0 aromatic rings. The maximum atomic E-state index is 12.1. The lowest BCUT2D eigenvalue weighted by Crippen LogP contribution is -2.39. The highest BCUT2D eigenvalue weighted by Gasteiger charge is 2.66. The van der Waals surface area contributed by atoms with Crippen molar-refractivity contribution < 1.29 is 43.7 Å². The zero-order chi connectivity index (χ0) is 12.7. The molecule has 0 aliphatic carbocycles. The van der Waals surface area contributed by atoms with Crippen LogP contribution in [-0.4, -0.2) is 29.0 Å². The average Bonchev–Trinajstić information content (AvgIpc) is 1.77. The number of alkyl halides is 7. The molecule has 92 valence electrons. The van der Waals surface area contributed by atoms with Gasteiger partial charge in [0.05, 0.1) is 0 Å². The topological polar surface area (TPSA) is 54.4 Å². The second-order valence-corrected chi connectivity index (χ2v) is 5.01. The largest absolute Gasteiger partial charge is 0.464 e. The fourth-order valence-electron chi connectivity index (χ4n) is 0.260. The molecule has 3 nitrogen and oxygen atoms in total. The van der Waals surface area contributed by atoms with Gasteiger partial charge in [0.15, 0.2) is 0 Å². The molecule has 12 heteroatoms. The predicted octanol–water partition coefficient (Wildman–Crippen LogP) is 2.31. The number of halogens is 7. The van der Waals surface area contributed by atoms with Gasteiger partial charge in [-0.15, -0.1) is 0 Å². The Morgan fingerprint density at radius 3 is 1.47 bits per heavy atom. The number of hydrogen-bond donors (Lipinski definition) is 1. The van der Waals surface area contributed by atoms with Crippen molar-refractivity contribution in [2.75, 3.05) is 0 Å². The van der Waals surface area contributed by atoms with Crippen LogP contribution in [0.4, 0.5) is 30.7 Å². The highest BCUT2D eigenvalue weighted by molar-refractivity contribution is 8.13. The molecular weight excluding hydrogens is 281 g/mol. The van der Waals surface area contributed by atoms with E-state index in [1.807, 2.05) is 0 Å². The third kappa shape index (κ3) is 3.38. The smallest absolute Gasteiger partial charge is 0.280 e. The van der Waals surface area contributed by atoms with Gasteiger partial charge in [-0.2, -0.15) is 39.2 Å². The highest BCUT2D eigenvalue weighted by atomic mass is 32.3. The van der Waals surface area contributed by atoms with Gasteiger partial charge in [-0.25, -0.2) is 0 Å². The molecule has 0 heterocycles. The first-order chi connectivity index (χ1) is 6.21. The summed E-state index contributed by atoms with van der Waals surface area (Å²) in [6, 6.07) is 0. The third-order valence-electron chi connectivity index (χ3n) is 0.877. The molecule has 0 aromatic heterocycles. The Labute approximate surface area is 82.4 Å². The molecular formula is C3HF7O3S2. The zero-order valence-electron chi connectivity index (χ0n) is 6.23. The molecule has 1 N–H and O–H groups in total. The first-order valence-corrected chi connectivity index (χ1v) is 4.96. The lowest BCUT2D eigenvalue weighted by molar-refractivity contribution is -0.238. The minimum absolute atomic E-state index is 2.51. The van der Waals surface area contributed by atoms with Crippen LogP contribution in [0.2, 0.25) is 0 Å². The van der Waals surface area contributed by atoms with Gasteiger partial charge in [0.25, 0.3) is 0 Å². The van der Waals surface area contributed by atoms with Gasteiger partial charge < -0.3 is 0 Å². The van der Waals surface area contributed by atoms with E-state index in [2.05, 4.69) is 0 Å². The minimum atomic E-state index is -6.36. The summed E-state index contributed by atoms with van der Waals surface area (Å²) in [6.45, 7) is 0. The lowest BCUT2D eigenvalue weighted by atomic mass is 10.7. The van der Waals surface area contributed by atoms with Crippen LogP contribution in [0.25, 0.3) is 0 Å². The standard InChI is InChI=1S/C3HF7O3S2/c4-1(5,6)2(7,8)14-3(9,10)15(11,12)13/h(H,11,12,13). The maximum Gasteiger partial charge on any atom is 0.464 e. The molecule has 0 amide bonds. The Hall–Kier alpha value is -0.230. The molecule has 0 saturated carbocycles. The van der Waals surface area contributed by atoms with Crippen molar-refractivity contribution in [1.82, 2.24) is 0 Å². The first kappa shape index (κ1) is 14.8. The second kappa shape index (κ2) is 3.66. The molecule has 15 heavy (non-hydrogen) atoms. The van der Waals surface area contributed by atoms with E-state index in [-0.39, 0.29) is 0 Å². The summed E-state index contributed by atoms with van der Waals surface area (Å²) in [6.07, 6.45) is -6.36. The van der Waals surface area contributed by atoms with E-state index in [9.17, 15) is 39.2 Å². The van der Waals surface area contributed by atoms with Gasteiger partial charge >= 0.3 is 26.1 Å². The van der Waals surface area contributed by atoms with Crippen molar-refractivity contribution >= 4 is 21.9 Å². The fraction of sp³-hybridized carbons (Fsp3) is 1.00. The van der Waals surface area contributed by atoms with Crippen LogP contribution in [0, 0.1) is 0 Å². The van der Waals surface area contributed by atoms with Crippen LogP contribution in [-0.2, 0) is 10.1 Å². The normalized spacial score (nSPS) is 15.5. The van der Waals surface area contributed by atoms with Crippen molar-refractivity contribution in [3.63, 3.8) is 0 Å². The van der Waals surface area contributed by atoms with Gasteiger partial charge in [-0.05, 0) is 0 Å². The Kier molecular flexibility index (Phi) is 3.60. The highest BCUT2D eigenvalue weighted by Crippen LogP contribution is 2.52. The SMILES string of the molecule is O=S(=O)(O)C(F)(F)SC(F)(F)C(F)(F)F. The Morgan fingerprint density at radius 1 is 0.933 bits per heavy atom. The van der Waals surface area contributed by atoms with E-state index in [4.69, 9.17) is 4.55 Å². The number of rotatable bonds is 3. The minimum Gasteiger partial charge on any atom is -0.280 e. The summed E-state index contributed by atoms with van der Waals surface area (Å²) in [5, 5.41) is -5.99. The van der Waals surface area contributed by atoms with Crippen molar-refractivity contribution in [3.05, 3.63) is 0 Å². The molecule has 0 aromatic carbocycles. The molecule has 0 bridgehead atoms. The van der Waals surface area contributed by atoms with E-state index in [1.165, 1.54) is 0 Å². The van der Waals surface area contributed by atoms with Crippen LogP contribution in [0.3, 0.4) is 0 Å². The van der Waals surface area contributed by atoms with E-state index in [0.29, 0.717) is 0 Å². The number of thioether (sulfide) groups is 1. The maximum absolute atomic E-state index is 12.1. The average molecular weight is 282 g/mol. The van der Waals surface area contributed by atoms with Crippen molar-refractivity contribution in [3.8, 4) is 0 Å². The molecule has 0 radical (unpaired) electrons. The van der Waals surface area contributed by atoms with E-state index in [0.717, 1.165) is 0 Å². The van der Waals surface area contributed by atoms with Crippen LogP contribution in [0.1, 0.15) is 0 Å². The van der Waals surface area contributed by atoms with Crippen molar-refractivity contribution in [1.29, 1.82) is 0 Å². The molecule has 0 saturated heterocycles. The summed E-state index contributed by atoms with van der Waals surface area (Å²) < 4.78 is 104. The van der Waals surface area contributed by atoms with E-state index in [1.54, 1.807) is 0 Å². The third-order valence-corrected chi connectivity index (χ3v) is 3.09. The molecule has 0 aliphatic heterocycles. The monoisotopic (exact) mass is 282 g/mol. The molecule has 0 atom stereocenters. The summed E-state index contributed by atoms with van der Waals surface area (Å²) in [5.41, 5.74) is 0. The van der Waals surface area contributed by atoms with Gasteiger partial charge in [-0.1, -0.05) is 0 Å².